The fourth-order valence-corrected chi connectivity index (χ4v) is 3.13. The first kappa shape index (κ1) is 15.8. The Morgan fingerprint density at radius 1 is 0.842 bits per heavy atom. The van der Waals surface area contributed by atoms with Gasteiger partial charge in [0, 0.05) is 11.4 Å². The Labute approximate surface area is 114 Å². The van der Waals surface area contributed by atoms with Gasteiger partial charge in [-0.05, 0) is 37.6 Å². The van der Waals surface area contributed by atoms with Crippen LogP contribution in [0.3, 0.4) is 0 Å². The molecule has 0 saturated heterocycles. The zero-order chi connectivity index (χ0) is 14.5. The van der Waals surface area contributed by atoms with Gasteiger partial charge in [0.25, 0.3) is 0 Å². The van der Waals surface area contributed by atoms with Gasteiger partial charge in [-0.3, -0.25) is 9.44 Å². The molecule has 2 N–H and O–H groups in total. The van der Waals surface area contributed by atoms with Crippen LogP contribution in [0, 0.1) is 0 Å². The number of hydrogen-bond donors (Lipinski definition) is 2. The van der Waals surface area contributed by atoms with E-state index >= 15 is 0 Å². The zero-order valence-corrected chi connectivity index (χ0v) is 12.5. The van der Waals surface area contributed by atoms with E-state index in [-0.39, 0.29) is 11.5 Å². The van der Waals surface area contributed by atoms with Crippen molar-refractivity contribution >= 4 is 31.4 Å². The van der Waals surface area contributed by atoms with Gasteiger partial charge >= 0.3 is 0 Å². The van der Waals surface area contributed by atoms with E-state index in [1.54, 1.807) is 6.92 Å². The largest absolute Gasteiger partial charge is 0.284 e. The topological polar surface area (TPSA) is 92.3 Å². The quantitative estimate of drug-likeness (QED) is 0.800. The monoisotopic (exact) mass is 306 g/mol. The molecule has 0 bridgehead atoms. The second-order valence-electron chi connectivity index (χ2n) is 4.00. The van der Waals surface area contributed by atoms with Crippen LogP contribution in [0.4, 0.5) is 11.4 Å². The maximum absolute atomic E-state index is 11.5. The molecule has 0 unspecified atom stereocenters. The third kappa shape index (κ3) is 5.48. The Morgan fingerprint density at radius 3 is 1.63 bits per heavy atom. The van der Waals surface area contributed by atoms with Crippen LogP contribution in [-0.2, 0) is 20.0 Å². The van der Waals surface area contributed by atoms with Crippen molar-refractivity contribution in [3.8, 4) is 0 Å². The van der Waals surface area contributed by atoms with Crippen LogP contribution < -0.4 is 9.44 Å². The van der Waals surface area contributed by atoms with Crippen molar-refractivity contribution in [2.24, 2.45) is 0 Å². The van der Waals surface area contributed by atoms with E-state index in [4.69, 9.17) is 0 Å². The Kier molecular flexibility index (Phi) is 5.19. The molecule has 1 aromatic rings. The maximum atomic E-state index is 11.5. The molecule has 0 aromatic heterocycles. The van der Waals surface area contributed by atoms with E-state index in [1.807, 2.05) is 0 Å². The number of sulfonamides is 2. The van der Waals surface area contributed by atoms with E-state index in [9.17, 15) is 16.8 Å². The van der Waals surface area contributed by atoms with Crippen molar-refractivity contribution in [2.75, 3.05) is 20.9 Å². The number of benzene rings is 1. The van der Waals surface area contributed by atoms with E-state index in [2.05, 4.69) is 9.44 Å². The Morgan fingerprint density at radius 2 is 1.26 bits per heavy atom. The van der Waals surface area contributed by atoms with Crippen LogP contribution in [0.2, 0.25) is 0 Å². The number of anilines is 2. The van der Waals surface area contributed by atoms with Crippen LogP contribution in [0.25, 0.3) is 0 Å². The maximum Gasteiger partial charge on any atom is 0.232 e. The summed E-state index contributed by atoms with van der Waals surface area (Å²) in [6.07, 6.45) is 0.531. The fourth-order valence-electron chi connectivity index (χ4n) is 1.36. The summed E-state index contributed by atoms with van der Waals surface area (Å²) in [5, 5.41) is 0. The summed E-state index contributed by atoms with van der Waals surface area (Å²) in [6, 6.07) is 6.05. The van der Waals surface area contributed by atoms with Crippen LogP contribution in [0.15, 0.2) is 24.3 Å². The Hall–Kier alpha value is -1.28. The first-order chi connectivity index (χ1) is 8.78. The van der Waals surface area contributed by atoms with Crippen molar-refractivity contribution in [1.82, 2.24) is 0 Å². The van der Waals surface area contributed by atoms with Gasteiger partial charge in [0.2, 0.25) is 20.0 Å². The zero-order valence-electron chi connectivity index (χ0n) is 10.9. The lowest BCUT2D eigenvalue weighted by atomic mass is 10.3. The van der Waals surface area contributed by atoms with Crippen molar-refractivity contribution in [2.45, 2.75) is 20.3 Å². The summed E-state index contributed by atoms with van der Waals surface area (Å²) >= 11 is 0. The van der Waals surface area contributed by atoms with Crippen LogP contribution in [0.5, 0.6) is 0 Å². The van der Waals surface area contributed by atoms with Gasteiger partial charge in [0.15, 0.2) is 0 Å². The number of hydrogen-bond acceptors (Lipinski definition) is 4. The summed E-state index contributed by atoms with van der Waals surface area (Å²) < 4.78 is 50.6. The molecule has 108 valence electrons. The normalized spacial score (nSPS) is 12.1. The minimum absolute atomic E-state index is 0.0160. The molecule has 0 aliphatic carbocycles. The molecule has 1 aromatic carbocycles. The van der Waals surface area contributed by atoms with Gasteiger partial charge in [-0.2, -0.15) is 0 Å². The van der Waals surface area contributed by atoms with Crippen LogP contribution in [-0.4, -0.2) is 28.3 Å². The summed E-state index contributed by atoms with van der Waals surface area (Å²) in [5.41, 5.74) is 0.813. The predicted molar refractivity (Wildman–Crippen MR) is 77.2 cm³/mol. The second kappa shape index (κ2) is 6.25. The highest BCUT2D eigenvalue weighted by molar-refractivity contribution is 7.92. The molecule has 0 aliphatic heterocycles. The first-order valence-electron chi connectivity index (χ1n) is 5.89. The van der Waals surface area contributed by atoms with Gasteiger partial charge in [-0.25, -0.2) is 16.8 Å². The van der Waals surface area contributed by atoms with Gasteiger partial charge in [0.05, 0.1) is 11.5 Å². The van der Waals surface area contributed by atoms with Crippen molar-refractivity contribution in [1.29, 1.82) is 0 Å². The van der Waals surface area contributed by atoms with Gasteiger partial charge in [-0.15, -0.1) is 0 Å². The van der Waals surface area contributed by atoms with Crippen molar-refractivity contribution in [3.05, 3.63) is 24.3 Å². The molecule has 0 amide bonds. The van der Waals surface area contributed by atoms with Crippen molar-refractivity contribution in [3.63, 3.8) is 0 Å². The van der Waals surface area contributed by atoms with E-state index < -0.39 is 20.0 Å². The summed E-state index contributed by atoms with van der Waals surface area (Å²) in [4.78, 5) is 0. The van der Waals surface area contributed by atoms with E-state index in [0.717, 1.165) is 0 Å². The van der Waals surface area contributed by atoms with E-state index in [0.29, 0.717) is 17.8 Å². The lowest BCUT2D eigenvalue weighted by molar-refractivity contribution is 0.599. The lowest BCUT2D eigenvalue weighted by Crippen LogP contribution is -2.16. The molecule has 8 heteroatoms. The molecule has 0 saturated carbocycles. The molecule has 0 radical (unpaired) electrons. The van der Waals surface area contributed by atoms with Gasteiger partial charge < -0.3 is 0 Å². The standard InChI is InChI=1S/C11H18N2O4S2/c1-3-9-19(16,17)13-11-7-5-10(6-8-11)12-18(14,15)4-2/h5-8,12-13H,3-4,9H2,1-2H3. The minimum atomic E-state index is -3.33. The smallest absolute Gasteiger partial charge is 0.232 e. The molecule has 0 heterocycles. The molecule has 0 atom stereocenters. The van der Waals surface area contributed by atoms with Crippen LogP contribution in [0.1, 0.15) is 20.3 Å². The number of nitrogens with one attached hydrogen (secondary N) is 2. The molecule has 0 spiro atoms. The summed E-state index contributed by atoms with van der Waals surface area (Å²) in [7, 11) is -6.64. The van der Waals surface area contributed by atoms with Crippen molar-refractivity contribution < 1.29 is 16.8 Å². The average Bonchev–Trinajstić information content (AvgIpc) is 2.31. The Bertz CT molecular complexity index is 607. The van der Waals surface area contributed by atoms with E-state index in [1.165, 1.54) is 31.2 Å². The van der Waals surface area contributed by atoms with Crippen LogP contribution >= 0.6 is 0 Å². The molecule has 0 aliphatic rings. The summed E-state index contributed by atoms with van der Waals surface area (Å²) in [5.74, 6) is 0.0368. The first-order valence-corrected chi connectivity index (χ1v) is 9.19. The fraction of sp³-hybridized carbons (Fsp3) is 0.455. The second-order valence-corrected chi connectivity index (χ2v) is 7.86. The SMILES string of the molecule is CCCS(=O)(=O)Nc1ccc(NS(=O)(=O)CC)cc1. The molecule has 1 rings (SSSR count). The highest BCUT2D eigenvalue weighted by Gasteiger charge is 2.09. The third-order valence-corrected chi connectivity index (χ3v) is 5.08. The lowest BCUT2D eigenvalue weighted by Gasteiger charge is -2.09. The molecule has 0 fully saturated rings. The molecular formula is C11H18N2O4S2. The highest BCUT2D eigenvalue weighted by atomic mass is 32.2. The molecule has 6 nitrogen and oxygen atoms in total. The predicted octanol–water partition coefficient (Wildman–Crippen LogP) is 1.60. The van der Waals surface area contributed by atoms with Gasteiger partial charge in [0.1, 0.15) is 0 Å². The average molecular weight is 306 g/mol. The number of rotatable bonds is 7. The van der Waals surface area contributed by atoms with Gasteiger partial charge in [-0.1, -0.05) is 6.92 Å². The Balaban J connectivity index is 2.78. The molecular weight excluding hydrogens is 288 g/mol. The highest BCUT2D eigenvalue weighted by Crippen LogP contribution is 2.16. The third-order valence-electron chi connectivity index (χ3n) is 2.28. The molecule has 19 heavy (non-hydrogen) atoms. The summed E-state index contributed by atoms with van der Waals surface area (Å²) in [6.45, 7) is 3.32. The minimum Gasteiger partial charge on any atom is -0.284 e.